The van der Waals surface area contributed by atoms with Gasteiger partial charge in [-0.1, -0.05) is 0 Å². The molecule has 0 radical (unpaired) electrons. The van der Waals surface area contributed by atoms with Gasteiger partial charge in [0.25, 0.3) is 5.91 Å². The van der Waals surface area contributed by atoms with Crippen LogP contribution < -0.4 is 20.5 Å². The molecule has 3 heterocycles. The maximum atomic E-state index is 11.7. The van der Waals surface area contributed by atoms with E-state index in [9.17, 15) is 4.79 Å². The second kappa shape index (κ2) is 9.74. The van der Waals surface area contributed by atoms with Crippen LogP contribution in [0.25, 0.3) is 16.9 Å². The third-order valence-electron chi connectivity index (χ3n) is 4.37. The zero-order chi connectivity index (χ0) is 20.4. The number of aromatic nitrogens is 4. The highest BCUT2D eigenvalue weighted by molar-refractivity contribution is 5.98. The minimum absolute atomic E-state index is 0. The van der Waals surface area contributed by atoms with Crippen molar-refractivity contribution in [3.8, 4) is 22.8 Å². The van der Waals surface area contributed by atoms with Gasteiger partial charge in [-0.05, 0) is 30.3 Å². The molecule has 0 bridgehead atoms. The van der Waals surface area contributed by atoms with E-state index in [1.54, 1.807) is 49.3 Å². The van der Waals surface area contributed by atoms with Crippen molar-refractivity contribution in [2.75, 3.05) is 19.5 Å². The van der Waals surface area contributed by atoms with Gasteiger partial charge in [0.2, 0.25) is 5.95 Å². The summed E-state index contributed by atoms with van der Waals surface area (Å²) in [7, 11) is 3.16. The van der Waals surface area contributed by atoms with Crippen LogP contribution in [-0.2, 0) is 0 Å². The van der Waals surface area contributed by atoms with E-state index in [0.717, 1.165) is 5.56 Å². The number of methoxy groups -OCH3 is 2. The van der Waals surface area contributed by atoms with E-state index in [1.807, 2.05) is 24.3 Å². The van der Waals surface area contributed by atoms with E-state index in [2.05, 4.69) is 15.3 Å². The lowest BCUT2D eigenvalue weighted by Gasteiger charge is -2.13. The zero-order valence-corrected chi connectivity index (χ0v) is 17.5. The smallest absolute Gasteiger partial charge is 0.252 e. The number of nitrogens with two attached hydrogens (primary N) is 1. The van der Waals surface area contributed by atoms with Crippen molar-refractivity contribution in [3.05, 3.63) is 60.6 Å². The minimum atomic E-state index is -0.585. The molecule has 0 unspecified atom stereocenters. The molecule has 0 atom stereocenters. The Morgan fingerprint density at radius 3 is 2.55 bits per heavy atom. The molecule has 4 aromatic rings. The Kier molecular flexibility index (Phi) is 7.35. The van der Waals surface area contributed by atoms with Crippen molar-refractivity contribution < 1.29 is 19.7 Å². The van der Waals surface area contributed by atoms with Crippen LogP contribution in [0, 0.1) is 0 Å². The summed E-state index contributed by atoms with van der Waals surface area (Å²) in [4.78, 5) is 25.0. The van der Waals surface area contributed by atoms with Gasteiger partial charge < -0.3 is 26.0 Å². The summed E-state index contributed by atoms with van der Waals surface area (Å²) in [5, 5.41) is 3.09. The second-order valence-corrected chi connectivity index (χ2v) is 6.08. The number of benzene rings is 1. The van der Waals surface area contributed by atoms with Gasteiger partial charge in [-0.15, -0.1) is 12.4 Å². The number of nitrogens with zero attached hydrogens (tertiary/aromatic N) is 4. The molecule has 1 amide bonds. The standard InChI is InChI=1S/C20H18N6O3.ClH.H2O/c1-28-15-6-5-12(10-16(15)29-2)14-11-17-22-8-9-26(17)20(24-14)25-19-13(18(21)27)4-3-7-23-19;;/h3-11H,1-2H3,(H2,21,27)(H,23,24,25);1H;1H2. The first-order valence-electron chi connectivity index (χ1n) is 8.69. The van der Waals surface area contributed by atoms with Crippen LogP contribution in [0.15, 0.2) is 55.0 Å². The topological polar surface area (TPSA) is 148 Å². The monoisotopic (exact) mass is 444 g/mol. The van der Waals surface area contributed by atoms with Gasteiger partial charge in [0.1, 0.15) is 11.5 Å². The first-order chi connectivity index (χ1) is 14.1. The van der Waals surface area contributed by atoms with Crippen LogP contribution in [-0.4, -0.2) is 45.0 Å². The van der Waals surface area contributed by atoms with Crippen molar-refractivity contribution in [3.63, 3.8) is 0 Å². The van der Waals surface area contributed by atoms with Crippen molar-refractivity contribution >= 4 is 35.7 Å². The fraction of sp³-hybridized carbons (Fsp3) is 0.100. The summed E-state index contributed by atoms with van der Waals surface area (Å²) in [5.74, 6) is 1.37. The molecule has 0 aliphatic heterocycles. The highest BCUT2D eigenvalue weighted by atomic mass is 35.5. The number of imidazole rings is 1. The van der Waals surface area contributed by atoms with E-state index in [0.29, 0.717) is 34.6 Å². The second-order valence-electron chi connectivity index (χ2n) is 6.08. The lowest BCUT2D eigenvalue weighted by molar-refractivity contribution is 0.100. The molecule has 10 nitrogen and oxygen atoms in total. The molecule has 0 aliphatic rings. The fourth-order valence-corrected chi connectivity index (χ4v) is 2.96. The Bertz CT molecular complexity index is 1210. The maximum Gasteiger partial charge on any atom is 0.252 e. The fourth-order valence-electron chi connectivity index (χ4n) is 2.96. The van der Waals surface area contributed by atoms with Crippen LogP contribution >= 0.6 is 12.4 Å². The maximum absolute atomic E-state index is 11.7. The Hall–Kier alpha value is -3.89. The average molecular weight is 445 g/mol. The van der Waals surface area contributed by atoms with Crippen molar-refractivity contribution in [1.29, 1.82) is 0 Å². The van der Waals surface area contributed by atoms with E-state index in [1.165, 1.54) is 0 Å². The molecule has 162 valence electrons. The number of nitrogens with one attached hydrogen (secondary N) is 1. The number of hydrogen-bond donors (Lipinski definition) is 2. The summed E-state index contributed by atoms with van der Waals surface area (Å²) >= 11 is 0. The summed E-state index contributed by atoms with van der Waals surface area (Å²) in [6.07, 6.45) is 4.99. The van der Waals surface area contributed by atoms with Gasteiger partial charge in [0, 0.05) is 30.2 Å². The van der Waals surface area contributed by atoms with Gasteiger partial charge in [-0.3, -0.25) is 9.20 Å². The minimum Gasteiger partial charge on any atom is -0.493 e. The SMILES string of the molecule is COc1ccc(-c2cc3nccn3c(Nc3ncccc3C(N)=O)n2)cc1OC.Cl.O. The lowest BCUT2D eigenvalue weighted by atomic mass is 10.1. The van der Waals surface area contributed by atoms with E-state index < -0.39 is 5.91 Å². The van der Waals surface area contributed by atoms with Gasteiger partial charge in [-0.25, -0.2) is 15.0 Å². The molecular formula is C20H21ClN6O4. The summed E-state index contributed by atoms with van der Waals surface area (Å²) in [6, 6.07) is 10.6. The van der Waals surface area contributed by atoms with Gasteiger partial charge in [0.05, 0.1) is 25.5 Å². The molecule has 4 rings (SSSR count). The molecule has 0 aliphatic carbocycles. The number of halogens is 1. The Balaban J connectivity index is 0.00000171. The quantitative estimate of drug-likeness (QED) is 0.463. The van der Waals surface area contributed by atoms with Crippen LogP contribution in [0.1, 0.15) is 10.4 Å². The number of primary amides is 1. The van der Waals surface area contributed by atoms with Gasteiger partial charge in [-0.2, -0.15) is 0 Å². The number of ether oxygens (including phenoxy) is 2. The molecule has 5 N–H and O–H groups in total. The third kappa shape index (κ3) is 4.49. The third-order valence-corrected chi connectivity index (χ3v) is 4.37. The van der Waals surface area contributed by atoms with E-state index in [-0.39, 0.29) is 23.4 Å². The van der Waals surface area contributed by atoms with E-state index >= 15 is 0 Å². The molecule has 0 saturated heterocycles. The normalized spacial score (nSPS) is 10.0. The highest BCUT2D eigenvalue weighted by Gasteiger charge is 2.14. The highest BCUT2D eigenvalue weighted by Crippen LogP contribution is 2.32. The number of amides is 1. The number of carbonyl (C=O) groups is 1. The number of pyridine rings is 1. The predicted molar refractivity (Wildman–Crippen MR) is 118 cm³/mol. The van der Waals surface area contributed by atoms with E-state index in [4.69, 9.17) is 20.2 Å². The molecule has 11 heteroatoms. The molecule has 0 spiro atoms. The van der Waals surface area contributed by atoms with Crippen LogP contribution in [0.2, 0.25) is 0 Å². The largest absolute Gasteiger partial charge is 0.493 e. The van der Waals surface area contributed by atoms with Gasteiger partial charge in [0.15, 0.2) is 11.5 Å². The predicted octanol–water partition coefficient (Wildman–Crippen LogP) is 2.25. The summed E-state index contributed by atoms with van der Waals surface area (Å²) in [6.45, 7) is 0. The number of fused-ring (bicyclic) bond motifs is 1. The average Bonchev–Trinajstić information content (AvgIpc) is 3.22. The number of carbonyl (C=O) groups excluding carboxylic acids is 1. The van der Waals surface area contributed by atoms with Crippen LogP contribution in [0.3, 0.4) is 0 Å². The van der Waals surface area contributed by atoms with Crippen molar-refractivity contribution in [1.82, 2.24) is 19.4 Å². The molecule has 31 heavy (non-hydrogen) atoms. The van der Waals surface area contributed by atoms with Crippen molar-refractivity contribution in [2.45, 2.75) is 0 Å². The molecule has 0 saturated carbocycles. The van der Waals surface area contributed by atoms with Crippen molar-refractivity contribution in [2.24, 2.45) is 5.73 Å². The zero-order valence-electron chi connectivity index (χ0n) is 16.7. The van der Waals surface area contributed by atoms with Crippen LogP contribution in [0.4, 0.5) is 11.8 Å². The summed E-state index contributed by atoms with van der Waals surface area (Å²) in [5.41, 5.74) is 7.86. The van der Waals surface area contributed by atoms with Crippen LogP contribution in [0.5, 0.6) is 11.5 Å². The molecular weight excluding hydrogens is 424 g/mol. The molecule has 3 aromatic heterocycles. The Morgan fingerprint density at radius 2 is 1.84 bits per heavy atom. The number of hydrogen-bond acceptors (Lipinski definition) is 7. The summed E-state index contributed by atoms with van der Waals surface area (Å²) < 4.78 is 12.4. The first-order valence-corrected chi connectivity index (χ1v) is 8.69. The first kappa shape index (κ1) is 23.4. The number of rotatable bonds is 6. The molecule has 0 fully saturated rings. The van der Waals surface area contributed by atoms with Gasteiger partial charge >= 0.3 is 0 Å². The number of anilines is 2. The molecule has 1 aromatic carbocycles. The Morgan fingerprint density at radius 1 is 1.06 bits per heavy atom. The Labute approximate surface area is 183 Å². The lowest BCUT2D eigenvalue weighted by Crippen LogP contribution is -2.15.